The Morgan fingerprint density at radius 1 is 1.21 bits per heavy atom. The predicted octanol–water partition coefficient (Wildman–Crippen LogP) is 6.97. The molecule has 3 saturated carbocycles. The van der Waals surface area contributed by atoms with E-state index >= 15 is 0 Å². The van der Waals surface area contributed by atoms with Crippen LogP contribution in [0.15, 0.2) is 50.7 Å². The van der Waals surface area contributed by atoms with Crippen LogP contribution in [0, 0.1) is 54.8 Å². The summed E-state index contributed by atoms with van der Waals surface area (Å²) in [6, 6.07) is 2.22. The Hall–Kier alpha value is -1.20. The summed E-state index contributed by atoms with van der Waals surface area (Å²) in [6.45, 7) is 33.1. The number of fused-ring (bicyclic) bond motifs is 3. The van der Waals surface area contributed by atoms with Crippen LogP contribution in [-0.4, -0.2) is 27.4 Å². The van der Waals surface area contributed by atoms with E-state index in [0.29, 0.717) is 29.1 Å². The number of nitrogens with zero attached hydrogens (tertiary/aromatic N) is 3. The van der Waals surface area contributed by atoms with Crippen LogP contribution in [0.1, 0.15) is 72.1 Å². The Balaban J connectivity index is 0.000000937. The summed E-state index contributed by atoms with van der Waals surface area (Å²) in [5, 5.41) is 5.92. The summed E-state index contributed by atoms with van der Waals surface area (Å²) in [5.74, 6) is 16.7. The average molecular weight is 711 g/mol. The summed E-state index contributed by atoms with van der Waals surface area (Å²) < 4.78 is 1.68. The molecule has 6 nitrogen and oxygen atoms in total. The van der Waals surface area contributed by atoms with Gasteiger partial charge in [0.25, 0.3) is 0 Å². The molecule has 4 rings (SSSR count). The summed E-state index contributed by atoms with van der Waals surface area (Å²) in [6.07, 6.45) is 12.1. The van der Waals surface area contributed by atoms with Gasteiger partial charge in [-0.05, 0) is 68.1 Å². The molecule has 222 valence electrons. The summed E-state index contributed by atoms with van der Waals surface area (Å²) in [5.41, 5.74) is 4.24. The van der Waals surface area contributed by atoms with Gasteiger partial charge in [-0.1, -0.05) is 44.8 Å². The van der Waals surface area contributed by atoms with Crippen LogP contribution in [0.3, 0.4) is 0 Å². The van der Waals surface area contributed by atoms with Crippen LogP contribution in [0.5, 0.6) is 0 Å². The Morgan fingerprint density at radius 3 is 2.33 bits per heavy atom. The van der Waals surface area contributed by atoms with E-state index in [9.17, 15) is 0 Å². The number of aryl methyl sites for hydroxylation is 1. The third-order valence-corrected chi connectivity index (χ3v) is 9.75. The molecule has 0 aromatic carbocycles. The number of nitrogens with one attached hydrogen (secondary N) is 1. The molecule has 1 heterocycles. The Bertz CT molecular complexity index is 825. The molecule has 1 aromatic heterocycles. The van der Waals surface area contributed by atoms with Crippen molar-refractivity contribution >= 4 is 5.82 Å². The van der Waals surface area contributed by atoms with Gasteiger partial charge in [0.1, 0.15) is 0 Å². The van der Waals surface area contributed by atoms with Gasteiger partial charge in [0.2, 0.25) is 0 Å². The minimum Gasteiger partial charge on any atom is -0.343 e. The van der Waals surface area contributed by atoms with E-state index in [1.54, 1.807) is 10.7 Å². The number of hydrogen-bond donors (Lipinski definition) is 3. The van der Waals surface area contributed by atoms with Crippen molar-refractivity contribution in [3.8, 4) is 0 Å². The first-order valence-electron chi connectivity index (χ1n) is 14.4. The van der Waals surface area contributed by atoms with Gasteiger partial charge in [-0.3, -0.25) is 10.5 Å². The van der Waals surface area contributed by atoms with Crippen LogP contribution >= 0.6 is 0 Å². The van der Waals surface area contributed by atoms with Gasteiger partial charge in [0, 0.05) is 31.9 Å². The van der Waals surface area contributed by atoms with Gasteiger partial charge in [0.05, 0.1) is 0 Å². The van der Waals surface area contributed by atoms with Crippen molar-refractivity contribution in [3.63, 3.8) is 0 Å². The Labute approximate surface area is 255 Å². The maximum absolute atomic E-state index is 6.32. The topological polar surface area (TPSA) is 85.1 Å². The molecule has 8 unspecified atom stereocenters. The van der Waals surface area contributed by atoms with Crippen molar-refractivity contribution < 1.29 is 21.1 Å². The number of hydrogen-bond acceptors (Lipinski definition) is 5. The largest absolute Gasteiger partial charge is 2.00 e. The first-order chi connectivity index (χ1) is 18.2. The number of aromatic nitrogens is 2. The molecule has 0 bridgehead atoms. The Morgan fingerprint density at radius 2 is 1.85 bits per heavy atom. The molecule has 5 N–H and O–H groups in total. The molecular formula is C32H58N6W. The molecule has 0 radical (unpaired) electrons. The van der Waals surface area contributed by atoms with Crippen LogP contribution < -0.4 is 17.1 Å². The van der Waals surface area contributed by atoms with Gasteiger partial charge < -0.3 is 19.3 Å². The van der Waals surface area contributed by atoms with Crippen molar-refractivity contribution in [2.75, 3.05) is 12.0 Å². The van der Waals surface area contributed by atoms with E-state index in [4.69, 9.17) is 11.7 Å². The minimum atomic E-state index is 0. The zero-order chi connectivity index (χ0) is 29.0. The molecule has 0 aliphatic heterocycles. The molecule has 7 heteroatoms. The van der Waals surface area contributed by atoms with E-state index in [2.05, 4.69) is 78.0 Å². The van der Waals surface area contributed by atoms with Gasteiger partial charge in [-0.25, -0.2) is 10.9 Å². The number of anilines is 1. The molecule has 3 fully saturated rings. The number of nitrogens with two attached hydrogens (primary N) is 2. The minimum absolute atomic E-state index is 0. The van der Waals surface area contributed by atoms with E-state index < -0.39 is 0 Å². The molecule has 8 atom stereocenters. The SMILES string of the molecule is C=C.C=C.C=C(CN(N)C(C)CC)C1CCC2C3CCC([CH2-])C(C[CH2-])C3CCC12C.Cn1ccc(NN)n1.[W+2]. The van der Waals surface area contributed by atoms with E-state index in [-0.39, 0.29) is 21.1 Å². The quantitative estimate of drug-likeness (QED) is 0.123. The normalized spacial score (nSPS) is 31.3. The standard InChI is InChI=1S/C24H42N2.C4H8N4.2C2H4.W/c1-7-18(5)26(25)15-17(4)22-11-12-23-21-10-9-16(3)19(8-2)20(21)13-14-24(22,23)6;1-8-3-2-4(6-5)7-8;2*1-2;/h16,18-23H,2-4,7-15,25H2,1,5-6H3;2-3H,5H2,1H3,(H,6,7);2*1-2H2;/q-2;;;;+2. The molecular weight excluding hydrogens is 652 g/mol. The van der Waals surface area contributed by atoms with Gasteiger partial charge in [-0.15, -0.1) is 26.3 Å². The monoisotopic (exact) mass is 710 g/mol. The zero-order valence-corrected chi connectivity index (χ0v) is 28.3. The predicted molar refractivity (Wildman–Crippen MR) is 165 cm³/mol. The maximum Gasteiger partial charge on any atom is 2.00 e. The first-order valence-corrected chi connectivity index (χ1v) is 14.4. The average Bonchev–Trinajstić information content (AvgIpc) is 3.53. The fraction of sp³-hybridized carbons (Fsp3) is 0.656. The molecule has 39 heavy (non-hydrogen) atoms. The molecule has 0 amide bonds. The van der Waals surface area contributed by atoms with E-state index in [0.717, 1.165) is 43.1 Å². The molecule has 0 spiro atoms. The van der Waals surface area contributed by atoms with Crippen LogP contribution in [0.4, 0.5) is 5.82 Å². The van der Waals surface area contributed by atoms with Crippen molar-refractivity contribution in [2.24, 2.45) is 59.7 Å². The number of nitrogen functional groups attached to an aromatic ring is 1. The number of hydrazine groups is 2. The molecule has 3 aliphatic carbocycles. The van der Waals surface area contributed by atoms with Crippen molar-refractivity contribution in [3.05, 3.63) is 64.6 Å². The fourth-order valence-electron chi connectivity index (χ4n) is 7.58. The van der Waals surface area contributed by atoms with Gasteiger partial charge in [-0.2, -0.15) is 17.4 Å². The second-order valence-corrected chi connectivity index (χ2v) is 11.5. The maximum atomic E-state index is 6.32. The summed E-state index contributed by atoms with van der Waals surface area (Å²) >= 11 is 0. The van der Waals surface area contributed by atoms with Gasteiger partial charge in [0.15, 0.2) is 5.82 Å². The van der Waals surface area contributed by atoms with Crippen LogP contribution in [0.25, 0.3) is 0 Å². The third-order valence-electron chi connectivity index (χ3n) is 9.75. The first kappa shape index (κ1) is 37.8. The smallest absolute Gasteiger partial charge is 0.343 e. The molecule has 1 aromatic rings. The molecule has 0 saturated heterocycles. The zero-order valence-electron chi connectivity index (χ0n) is 25.4. The van der Waals surface area contributed by atoms with Crippen molar-refractivity contribution in [1.29, 1.82) is 0 Å². The fourth-order valence-corrected chi connectivity index (χ4v) is 7.58. The Kier molecular flexibility index (Phi) is 17.7. The second kappa shape index (κ2) is 18.3. The van der Waals surface area contributed by atoms with E-state index in [1.807, 2.05) is 18.3 Å². The summed E-state index contributed by atoms with van der Waals surface area (Å²) in [4.78, 5) is 0. The van der Waals surface area contributed by atoms with Gasteiger partial charge >= 0.3 is 21.1 Å². The van der Waals surface area contributed by atoms with E-state index in [1.165, 1.54) is 44.1 Å². The van der Waals surface area contributed by atoms with Crippen LogP contribution in [0.2, 0.25) is 0 Å². The summed E-state index contributed by atoms with van der Waals surface area (Å²) in [7, 11) is 1.83. The third kappa shape index (κ3) is 9.15. The second-order valence-electron chi connectivity index (χ2n) is 11.5. The molecule has 3 aliphatic rings. The number of rotatable bonds is 7. The van der Waals surface area contributed by atoms with Crippen LogP contribution in [-0.2, 0) is 28.1 Å². The van der Waals surface area contributed by atoms with Crippen molar-refractivity contribution in [1.82, 2.24) is 14.8 Å². The van der Waals surface area contributed by atoms with Crippen molar-refractivity contribution in [2.45, 2.75) is 78.2 Å².